The van der Waals surface area contributed by atoms with Gasteiger partial charge in [-0.3, -0.25) is 58.3 Å². The third-order valence-corrected chi connectivity index (χ3v) is 5.79. The van der Waals surface area contributed by atoms with Gasteiger partial charge >= 0.3 is 35.8 Å². The summed E-state index contributed by atoms with van der Waals surface area (Å²) in [4.78, 5) is 114. The molecule has 2 aromatic carbocycles. The minimum absolute atomic E-state index is 0.201. The van der Waals surface area contributed by atoms with Crippen molar-refractivity contribution in [3.8, 4) is 0 Å². The van der Waals surface area contributed by atoms with Gasteiger partial charge in [-0.25, -0.2) is 0 Å². The van der Waals surface area contributed by atoms with Gasteiger partial charge in [0.1, 0.15) is 38.8 Å². The van der Waals surface area contributed by atoms with E-state index >= 15 is 0 Å². The van der Waals surface area contributed by atoms with Gasteiger partial charge in [-0.2, -0.15) is 0 Å². The van der Waals surface area contributed by atoms with Crippen LogP contribution in [0.2, 0.25) is 0 Å². The summed E-state index contributed by atoms with van der Waals surface area (Å²) in [6, 6.07) is 13.7. The van der Waals surface area contributed by atoms with Crippen LogP contribution in [0.5, 0.6) is 0 Å². The monoisotopic (exact) mass is 844 g/mol. The fraction of sp³-hybridized carbons (Fsp3) is 0.350. The van der Waals surface area contributed by atoms with Crippen molar-refractivity contribution in [2.75, 3.05) is 26.2 Å². The molecular weight excluding hydrogens is 792 g/mol. The molecule has 20 nitrogen and oxygen atoms in total. The van der Waals surface area contributed by atoms with Crippen molar-refractivity contribution in [1.29, 1.82) is 0 Å². The van der Waals surface area contributed by atoms with Crippen LogP contribution in [-0.4, -0.2) is 143 Å². The molecule has 2 aromatic rings. The van der Waals surface area contributed by atoms with Crippen LogP contribution in [-0.2, 0) is 38.4 Å². The van der Waals surface area contributed by atoms with E-state index < -0.39 is 35.8 Å². The van der Waals surface area contributed by atoms with Gasteiger partial charge in [0.2, 0.25) is 0 Å². The van der Waals surface area contributed by atoms with Crippen LogP contribution in [0.1, 0.15) is 97.1 Å². The van der Waals surface area contributed by atoms with Crippen LogP contribution in [0.4, 0.5) is 0 Å². The largest absolute Gasteiger partial charge is 0.481 e. The Morgan fingerprint density at radius 2 is 0.700 bits per heavy atom. The highest BCUT2D eigenvalue weighted by Crippen LogP contribution is 2.04. The van der Waals surface area contributed by atoms with Crippen molar-refractivity contribution in [3.05, 3.63) is 70.8 Å². The number of aliphatic carboxylic acids is 6. The molecule has 0 fully saturated rings. The van der Waals surface area contributed by atoms with Gasteiger partial charge in [0.15, 0.2) is 12.6 Å². The Hall–Kier alpha value is -7.38. The Balaban J connectivity index is -0.000000336. The smallest absolute Gasteiger partial charge is 0.325 e. The van der Waals surface area contributed by atoms with Crippen LogP contribution < -0.4 is 0 Å². The second-order valence-corrected chi connectivity index (χ2v) is 10.7. The highest BCUT2D eigenvalue weighted by molar-refractivity contribution is 5.95. The number of carbonyl (C=O) groups is 10. The highest BCUT2D eigenvalue weighted by atomic mass is 16.4. The Morgan fingerprint density at radius 3 is 0.950 bits per heavy atom. The first-order valence-corrected chi connectivity index (χ1v) is 17.8. The van der Waals surface area contributed by atoms with E-state index in [1.165, 1.54) is 12.4 Å². The molecule has 0 bridgehead atoms. The predicted molar refractivity (Wildman–Crippen MR) is 222 cm³/mol. The fourth-order valence-corrected chi connectivity index (χ4v) is 2.97. The van der Waals surface area contributed by atoms with Gasteiger partial charge in [-0.15, -0.1) is 0 Å². The van der Waals surface area contributed by atoms with Crippen molar-refractivity contribution in [3.63, 3.8) is 0 Å². The first kappa shape index (κ1) is 59.3. The quantitative estimate of drug-likeness (QED) is 0.0554. The molecule has 0 radical (unpaired) electrons. The van der Waals surface area contributed by atoms with Crippen LogP contribution in [0.25, 0.3) is 0 Å². The molecule has 6 N–H and O–H groups in total. The molecule has 0 spiro atoms. The normalized spacial score (nSPS) is 9.77. The fourth-order valence-electron chi connectivity index (χ4n) is 2.97. The number of rotatable bonds is 22. The van der Waals surface area contributed by atoms with E-state index in [0.29, 0.717) is 66.9 Å². The summed E-state index contributed by atoms with van der Waals surface area (Å²) in [7, 11) is 0. The molecule has 0 saturated carbocycles. The van der Waals surface area contributed by atoms with E-state index in [0.717, 1.165) is 19.0 Å². The lowest BCUT2D eigenvalue weighted by molar-refractivity contribution is -0.137. The number of aldehydes is 4. The van der Waals surface area contributed by atoms with Crippen molar-refractivity contribution in [1.82, 2.24) is 0 Å². The van der Waals surface area contributed by atoms with Gasteiger partial charge in [0.25, 0.3) is 0 Å². The predicted octanol–water partition coefficient (Wildman–Crippen LogP) is 3.99. The Bertz CT molecular complexity index is 1590. The third kappa shape index (κ3) is 48.6. The average molecular weight is 845 g/mol. The van der Waals surface area contributed by atoms with Crippen molar-refractivity contribution < 1.29 is 78.6 Å². The molecule has 328 valence electrons. The SMILES string of the molecule is CCC(=O)O.CCC(=O)O.O=C(O)CN=CCCCC=NCC(=O)O.O=C(O)CN=Cc1ccccc1C=NCC(=O)O.O=CCCCC=O.O=Cc1ccccc1C=O. The number of benzene rings is 2. The minimum atomic E-state index is -1.01. The minimum Gasteiger partial charge on any atom is -0.481 e. The van der Waals surface area contributed by atoms with Gasteiger partial charge in [0, 0.05) is 60.4 Å². The zero-order chi connectivity index (χ0) is 46.4. The zero-order valence-electron chi connectivity index (χ0n) is 33.3. The third-order valence-electron chi connectivity index (χ3n) is 5.79. The van der Waals surface area contributed by atoms with E-state index in [1.807, 2.05) is 0 Å². The number of hydrogen-bond acceptors (Lipinski definition) is 14. The maximum absolute atomic E-state index is 10.3. The first-order valence-electron chi connectivity index (χ1n) is 17.8. The highest BCUT2D eigenvalue weighted by Gasteiger charge is 1.98. The molecule has 0 aliphatic heterocycles. The molecule has 0 saturated heterocycles. The van der Waals surface area contributed by atoms with Crippen molar-refractivity contribution >= 4 is 85.8 Å². The Morgan fingerprint density at radius 1 is 0.433 bits per heavy atom. The summed E-state index contributed by atoms with van der Waals surface area (Å²) in [6.45, 7) is 2.19. The molecule has 0 atom stereocenters. The Kier molecular flexibility index (Phi) is 43.8. The molecular formula is C40H52N4O16. The maximum Gasteiger partial charge on any atom is 0.325 e. The molecule has 0 unspecified atom stereocenters. The van der Waals surface area contributed by atoms with Crippen molar-refractivity contribution in [2.24, 2.45) is 20.0 Å². The van der Waals surface area contributed by atoms with E-state index in [1.54, 1.807) is 74.8 Å². The van der Waals surface area contributed by atoms with E-state index in [2.05, 4.69) is 20.0 Å². The molecule has 60 heavy (non-hydrogen) atoms. The number of carboxylic acids is 6. The second kappa shape index (κ2) is 44.3. The molecule has 0 aliphatic carbocycles. The van der Waals surface area contributed by atoms with Crippen LogP contribution in [0.15, 0.2) is 68.5 Å². The van der Waals surface area contributed by atoms with Crippen LogP contribution in [0, 0.1) is 0 Å². The summed E-state index contributed by atoms with van der Waals surface area (Å²) in [5, 5.41) is 48.9. The second-order valence-electron chi connectivity index (χ2n) is 10.7. The van der Waals surface area contributed by atoms with Gasteiger partial charge in [-0.05, 0) is 38.1 Å². The average Bonchev–Trinajstić information content (AvgIpc) is 3.21. The number of hydrogen-bond donors (Lipinski definition) is 6. The summed E-state index contributed by atoms with van der Waals surface area (Å²) in [5.74, 6) is -5.41. The maximum atomic E-state index is 10.3. The van der Waals surface area contributed by atoms with E-state index in [9.17, 15) is 47.9 Å². The summed E-state index contributed by atoms with van der Waals surface area (Å²) in [5.41, 5.74) is 2.26. The van der Waals surface area contributed by atoms with E-state index in [-0.39, 0.29) is 39.0 Å². The summed E-state index contributed by atoms with van der Waals surface area (Å²) in [6.07, 6.45) is 13.3. The first-order chi connectivity index (χ1) is 28.6. The number of aliphatic imine (C=N–C) groups is 4. The number of carboxylic acid groups (broad SMARTS) is 6. The van der Waals surface area contributed by atoms with Gasteiger partial charge in [0.05, 0.1) is 0 Å². The lowest BCUT2D eigenvalue weighted by atomic mass is 10.1. The van der Waals surface area contributed by atoms with Gasteiger partial charge < -0.3 is 40.2 Å². The number of unbranched alkanes of at least 4 members (excludes halogenated alkanes) is 4. The summed E-state index contributed by atoms with van der Waals surface area (Å²) >= 11 is 0. The van der Waals surface area contributed by atoms with Crippen molar-refractivity contribution in [2.45, 2.75) is 65.2 Å². The molecule has 0 heterocycles. The molecule has 0 aromatic heterocycles. The standard InChI is InChI=1S/C12H12N2O4.C9H14N2O4.C8H6O2.C5H8O2.2C3H6O2/c15-11(16)7-13-5-9-3-1-2-4-10(9)6-14-8-12(17)18;12-8(13)6-10-4-2-1-3-5-11-7-9(14)15;9-5-7-3-1-2-4-8(7)6-10;6-4-2-1-3-5-7;2*1-2-3(4)5/h1-6H,7-8H2,(H,15,16)(H,17,18);4-5H,1-3,6-7H2,(H,12,13)(H,14,15);1-6H;4-5H,1-3H2;2*2H2,1H3,(H,4,5). The molecule has 0 aliphatic rings. The van der Waals surface area contributed by atoms with E-state index in [4.69, 9.17) is 30.6 Å². The van der Waals surface area contributed by atoms with Crippen LogP contribution >= 0.6 is 0 Å². The topological polar surface area (TPSA) is 342 Å². The van der Waals surface area contributed by atoms with Gasteiger partial charge in [-0.1, -0.05) is 62.4 Å². The van der Waals surface area contributed by atoms with Crippen LogP contribution in [0.3, 0.4) is 0 Å². The number of nitrogens with zero attached hydrogens (tertiary/aromatic N) is 4. The number of carbonyl (C=O) groups excluding carboxylic acids is 4. The summed E-state index contributed by atoms with van der Waals surface area (Å²) < 4.78 is 0. The zero-order valence-corrected chi connectivity index (χ0v) is 33.3. The molecule has 2 rings (SSSR count). The Labute approximate surface area is 346 Å². The lowest BCUT2D eigenvalue weighted by Gasteiger charge is -1.98. The molecule has 20 heteroatoms. The lowest BCUT2D eigenvalue weighted by Crippen LogP contribution is -2.01. The molecule has 0 amide bonds.